The van der Waals surface area contributed by atoms with Gasteiger partial charge in [0, 0.05) is 24.0 Å². The van der Waals surface area contributed by atoms with Gasteiger partial charge in [0.05, 0.1) is 25.2 Å². The summed E-state index contributed by atoms with van der Waals surface area (Å²) in [4.78, 5) is 11.6. The topological polar surface area (TPSA) is 108 Å². The van der Waals surface area contributed by atoms with Gasteiger partial charge in [-0.2, -0.15) is 0 Å². The lowest BCUT2D eigenvalue weighted by Gasteiger charge is -2.31. The Balaban J connectivity index is 1.14. The molecule has 9 heteroatoms. The number of fused-ring (bicyclic) bond motifs is 4. The van der Waals surface area contributed by atoms with E-state index in [0.29, 0.717) is 31.8 Å². The monoisotopic (exact) mass is 620 g/mol. The SMILES string of the molecule is COC(=O)CC[C@@H]1COc2cc(OCc3ccc4c(c3)-c3c(C)cc(OCC5(O)CCS(=O)(=O)CC5)cc3CCC4)ccc21. The van der Waals surface area contributed by atoms with E-state index in [1.54, 1.807) is 0 Å². The van der Waals surface area contributed by atoms with E-state index in [9.17, 15) is 18.3 Å². The summed E-state index contributed by atoms with van der Waals surface area (Å²) in [6.45, 7) is 3.15. The zero-order valence-corrected chi connectivity index (χ0v) is 26.2. The maximum atomic E-state index is 11.8. The minimum atomic E-state index is -3.06. The molecular formula is C35H40O8S. The van der Waals surface area contributed by atoms with Gasteiger partial charge >= 0.3 is 5.97 Å². The number of esters is 1. The van der Waals surface area contributed by atoms with Crippen LogP contribution in [0, 0.1) is 6.92 Å². The zero-order valence-electron chi connectivity index (χ0n) is 25.4. The molecule has 6 rings (SSSR count). The van der Waals surface area contributed by atoms with Gasteiger partial charge in [0.2, 0.25) is 0 Å². The molecule has 44 heavy (non-hydrogen) atoms. The van der Waals surface area contributed by atoms with E-state index in [0.717, 1.165) is 47.5 Å². The first-order valence-corrected chi connectivity index (χ1v) is 17.2. The largest absolute Gasteiger partial charge is 0.493 e. The predicted octanol–water partition coefficient (Wildman–Crippen LogP) is 5.48. The molecule has 1 N–H and O–H groups in total. The van der Waals surface area contributed by atoms with Gasteiger partial charge in [-0.05, 0) is 103 Å². The summed E-state index contributed by atoms with van der Waals surface area (Å²) in [7, 11) is -1.66. The van der Waals surface area contributed by atoms with Crippen molar-refractivity contribution in [3.63, 3.8) is 0 Å². The van der Waals surface area contributed by atoms with Crippen molar-refractivity contribution in [1.29, 1.82) is 0 Å². The fourth-order valence-corrected chi connectivity index (χ4v) is 8.14. The van der Waals surface area contributed by atoms with Gasteiger partial charge in [0.25, 0.3) is 0 Å². The molecule has 8 nitrogen and oxygen atoms in total. The van der Waals surface area contributed by atoms with Crippen LogP contribution in [-0.2, 0) is 38.8 Å². The van der Waals surface area contributed by atoms with Crippen molar-refractivity contribution in [2.75, 3.05) is 31.8 Å². The first-order valence-electron chi connectivity index (χ1n) is 15.4. The Hall–Kier alpha value is -3.56. The number of benzene rings is 3. The fourth-order valence-electron chi connectivity index (χ4n) is 6.55. The number of rotatable bonds is 9. The first-order chi connectivity index (χ1) is 21.1. The average Bonchev–Trinajstić information content (AvgIpc) is 3.32. The zero-order chi connectivity index (χ0) is 30.9. The number of methoxy groups -OCH3 is 1. The van der Waals surface area contributed by atoms with Crippen LogP contribution in [-0.4, -0.2) is 56.9 Å². The highest BCUT2D eigenvalue weighted by Gasteiger charge is 2.36. The Kier molecular flexibility index (Phi) is 8.61. The third-order valence-corrected chi connectivity index (χ3v) is 10.8. The second kappa shape index (κ2) is 12.4. The summed E-state index contributed by atoms with van der Waals surface area (Å²) < 4.78 is 46.6. The van der Waals surface area contributed by atoms with Crippen molar-refractivity contribution in [1.82, 2.24) is 0 Å². The molecule has 3 aromatic carbocycles. The van der Waals surface area contributed by atoms with Crippen LogP contribution in [0.2, 0.25) is 0 Å². The Morgan fingerprint density at radius 2 is 1.80 bits per heavy atom. The van der Waals surface area contributed by atoms with Gasteiger partial charge in [-0.1, -0.05) is 18.2 Å². The van der Waals surface area contributed by atoms with E-state index in [-0.39, 0.29) is 42.8 Å². The minimum absolute atomic E-state index is 0.00188. The van der Waals surface area contributed by atoms with E-state index >= 15 is 0 Å². The molecule has 2 heterocycles. The molecule has 0 unspecified atom stereocenters. The molecule has 234 valence electrons. The van der Waals surface area contributed by atoms with Crippen molar-refractivity contribution in [3.8, 4) is 28.4 Å². The van der Waals surface area contributed by atoms with Crippen LogP contribution in [0.4, 0.5) is 0 Å². The van der Waals surface area contributed by atoms with Crippen LogP contribution in [0.1, 0.15) is 65.8 Å². The normalized spacial score (nSPS) is 19.5. The fraction of sp³-hybridized carbons (Fsp3) is 0.457. The maximum Gasteiger partial charge on any atom is 0.305 e. The number of aliphatic hydroxyl groups is 1. The van der Waals surface area contributed by atoms with Crippen molar-refractivity contribution < 1.29 is 37.3 Å². The van der Waals surface area contributed by atoms with E-state index in [4.69, 9.17) is 18.9 Å². The highest BCUT2D eigenvalue weighted by molar-refractivity contribution is 7.91. The van der Waals surface area contributed by atoms with Crippen molar-refractivity contribution in [2.24, 2.45) is 0 Å². The van der Waals surface area contributed by atoms with Crippen molar-refractivity contribution in [2.45, 2.75) is 70.0 Å². The van der Waals surface area contributed by atoms with Crippen molar-refractivity contribution in [3.05, 3.63) is 76.3 Å². The van der Waals surface area contributed by atoms with Gasteiger partial charge in [0.1, 0.15) is 36.1 Å². The van der Waals surface area contributed by atoms with Gasteiger partial charge < -0.3 is 24.1 Å². The summed E-state index contributed by atoms with van der Waals surface area (Å²) >= 11 is 0. The Morgan fingerprint density at radius 3 is 2.59 bits per heavy atom. The summed E-state index contributed by atoms with van der Waals surface area (Å²) in [5.74, 6) is 2.22. The number of hydrogen-bond donors (Lipinski definition) is 1. The molecule has 1 aliphatic carbocycles. The Labute approximate surface area is 259 Å². The van der Waals surface area contributed by atoms with Crippen LogP contribution in [0.5, 0.6) is 17.2 Å². The van der Waals surface area contributed by atoms with Crippen LogP contribution < -0.4 is 14.2 Å². The molecule has 1 fully saturated rings. The molecule has 1 saturated heterocycles. The molecule has 0 bridgehead atoms. The molecule has 0 saturated carbocycles. The minimum Gasteiger partial charge on any atom is -0.493 e. The van der Waals surface area contributed by atoms with E-state index < -0.39 is 15.4 Å². The van der Waals surface area contributed by atoms with Crippen LogP contribution >= 0.6 is 0 Å². The number of aryl methyl sites for hydroxylation is 3. The van der Waals surface area contributed by atoms with E-state index in [1.165, 1.54) is 29.4 Å². The molecule has 0 amide bonds. The second-order valence-corrected chi connectivity index (χ2v) is 14.7. The summed E-state index contributed by atoms with van der Waals surface area (Å²) in [5, 5.41) is 10.9. The number of hydrogen-bond acceptors (Lipinski definition) is 8. The molecule has 0 aromatic heterocycles. The average molecular weight is 621 g/mol. The van der Waals surface area contributed by atoms with Crippen LogP contribution in [0.15, 0.2) is 48.5 Å². The number of carbonyl (C=O) groups excluding carboxylic acids is 1. The second-order valence-electron chi connectivity index (χ2n) is 12.4. The molecule has 1 atom stereocenters. The number of carbonyl (C=O) groups is 1. The molecular weight excluding hydrogens is 580 g/mol. The highest BCUT2D eigenvalue weighted by atomic mass is 32.2. The standard InChI is InChI=1S/C35H40O8S/c1-23-16-29(43-22-35(37)12-14-44(38,39)15-13-35)18-26-5-3-4-25-7-6-24(17-31(25)34(23)26)20-41-28-9-10-30-27(8-11-33(36)40-2)21-42-32(30)19-28/h6-7,9-10,16-19,27,37H,3-5,8,11-15,20-22H2,1-2H3/t27-/m1/s1. The Morgan fingerprint density at radius 1 is 1.00 bits per heavy atom. The quantitative estimate of drug-likeness (QED) is 0.314. The molecule has 3 aliphatic rings. The van der Waals surface area contributed by atoms with Crippen LogP contribution in [0.3, 0.4) is 0 Å². The van der Waals surface area contributed by atoms with Gasteiger partial charge in [-0.3, -0.25) is 4.79 Å². The maximum absolute atomic E-state index is 11.8. The van der Waals surface area contributed by atoms with Gasteiger partial charge in [0.15, 0.2) is 9.84 Å². The van der Waals surface area contributed by atoms with E-state index in [1.807, 2.05) is 24.3 Å². The van der Waals surface area contributed by atoms with Crippen LogP contribution in [0.25, 0.3) is 11.1 Å². The lowest BCUT2D eigenvalue weighted by atomic mass is 9.91. The lowest BCUT2D eigenvalue weighted by Crippen LogP contribution is -2.43. The van der Waals surface area contributed by atoms with E-state index in [2.05, 4.69) is 31.2 Å². The highest BCUT2D eigenvalue weighted by Crippen LogP contribution is 2.40. The predicted molar refractivity (Wildman–Crippen MR) is 167 cm³/mol. The van der Waals surface area contributed by atoms with Gasteiger partial charge in [-0.25, -0.2) is 8.42 Å². The molecule has 3 aromatic rings. The Bertz CT molecular complexity index is 1650. The number of ether oxygens (including phenoxy) is 4. The summed E-state index contributed by atoms with van der Waals surface area (Å²) in [6, 6.07) is 16.6. The smallest absolute Gasteiger partial charge is 0.305 e. The number of sulfone groups is 1. The molecule has 0 radical (unpaired) electrons. The first kappa shape index (κ1) is 30.5. The third kappa shape index (κ3) is 6.74. The third-order valence-electron chi connectivity index (χ3n) is 9.19. The van der Waals surface area contributed by atoms with Crippen molar-refractivity contribution >= 4 is 15.8 Å². The summed E-state index contributed by atoms with van der Waals surface area (Å²) in [6.07, 6.45) is 4.39. The molecule has 0 spiro atoms. The summed E-state index contributed by atoms with van der Waals surface area (Å²) in [5.41, 5.74) is 7.12. The lowest BCUT2D eigenvalue weighted by molar-refractivity contribution is -0.140. The van der Waals surface area contributed by atoms with Gasteiger partial charge in [-0.15, -0.1) is 0 Å². The molecule has 2 aliphatic heterocycles.